The van der Waals surface area contributed by atoms with Crippen LogP contribution >= 0.6 is 0 Å². The summed E-state index contributed by atoms with van der Waals surface area (Å²) in [5.41, 5.74) is 0. The molecule has 49 heavy (non-hydrogen) atoms. The van der Waals surface area contributed by atoms with E-state index in [2.05, 4.69) is 55.6 Å². The predicted octanol–water partition coefficient (Wildman–Crippen LogP) is 10.6. The van der Waals surface area contributed by atoms with Gasteiger partial charge in [0.2, 0.25) is 5.91 Å². The van der Waals surface area contributed by atoms with Crippen LogP contribution in [0.3, 0.4) is 0 Å². The van der Waals surface area contributed by atoms with E-state index < -0.39 is 36.9 Å². The Bertz CT molecular complexity index is 782. The van der Waals surface area contributed by atoms with E-state index in [0.717, 1.165) is 51.4 Å². The third-order valence-electron chi connectivity index (χ3n) is 9.58. The van der Waals surface area contributed by atoms with Crippen LogP contribution in [0.15, 0.2) is 36.5 Å². The standard InChI is InChI=1S/C43H81NO5/c1-3-5-7-9-11-13-15-17-18-19-20-21-22-23-25-27-29-31-33-35-37-41(47)43(49)44-39(38-45)42(48)40(46)36-34-32-30-28-26-24-16-14-12-10-8-6-4-2/h5,7,11,13,28,30,39-42,45-48H,3-4,6,8-10,12,14-27,29,31-38H2,1-2H3,(H,44,49)/b7-5-,13-11-,30-28+. The van der Waals surface area contributed by atoms with Gasteiger partial charge in [0, 0.05) is 0 Å². The molecule has 0 spiro atoms. The van der Waals surface area contributed by atoms with Crippen LogP contribution in [-0.4, -0.2) is 57.3 Å². The number of allylic oxidation sites excluding steroid dienone is 6. The Balaban J connectivity index is 3.76. The summed E-state index contributed by atoms with van der Waals surface area (Å²) in [7, 11) is 0. The largest absolute Gasteiger partial charge is 0.394 e. The molecular weight excluding hydrogens is 610 g/mol. The monoisotopic (exact) mass is 692 g/mol. The van der Waals surface area contributed by atoms with Crippen molar-refractivity contribution in [1.29, 1.82) is 0 Å². The molecule has 0 saturated heterocycles. The Morgan fingerprint density at radius 2 is 0.959 bits per heavy atom. The Hall–Kier alpha value is -1.47. The summed E-state index contributed by atoms with van der Waals surface area (Å²) in [5, 5.41) is 43.5. The summed E-state index contributed by atoms with van der Waals surface area (Å²) in [6.07, 6.45) is 43.2. The first-order valence-electron chi connectivity index (χ1n) is 20.9. The average Bonchev–Trinajstić information content (AvgIpc) is 3.11. The van der Waals surface area contributed by atoms with Gasteiger partial charge in [-0.2, -0.15) is 0 Å². The minimum Gasteiger partial charge on any atom is -0.394 e. The molecule has 0 radical (unpaired) electrons. The third kappa shape index (κ3) is 32.2. The lowest BCUT2D eigenvalue weighted by Crippen LogP contribution is -2.53. The summed E-state index contributed by atoms with van der Waals surface area (Å²) in [4.78, 5) is 12.5. The zero-order valence-electron chi connectivity index (χ0n) is 32.2. The zero-order valence-corrected chi connectivity index (χ0v) is 32.2. The highest BCUT2D eigenvalue weighted by atomic mass is 16.3. The van der Waals surface area contributed by atoms with Crippen molar-refractivity contribution >= 4 is 5.91 Å². The van der Waals surface area contributed by atoms with Gasteiger partial charge in [-0.3, -0.25) is 4.79 Å². The first-order chi connectivity index (χ1) is 24.0. The van der Waals surface area contributed by atoms with Crippen molar-refractivity contribution in [3.8, 4) is 0 Å². The van der Waals surface area contributed by atoms with Gasteiger partial charge < -0.3 is 25.7 Å². The van der Waals surface area contributed by atoms with Crippen molar-refractivity contribution in [3.05, 3.63) is 36.5 Å². The molecule has 0 rings (SSSR count). The smallest absolute Gasteiger partial charge is 0.249 e. The molecule has 1 amide bonds. The fourth-order valence-electron chi connectivity index (χ4n) is 6.26. The van der Waals surface area contributed by atoms with E-state index in [9.17, 15) is 25.2 Å². The number of hydrogen-bond acceptors (Lipinski definition) is 5. The molecule has 288 valence electrons. The van der Waals surface area contributed by atoms with Gasteiger partial charge in [0.15, 0.2) is 0 Å². The van der Waals surface area contributed by atoms with Crippen molar-refractivity contribution in [1.82, 2.24) is 5.32 Å². The maximum atomic E-state index is 12.5. The first-order valence-corrected chi connectivity index (χ1v) is 20.9. The fraction of sp³-hybridized carbons (Fsp3) is 0.837. The third-order valence-corrected chi connectivity index (χ3v) is 9.58. The van der Waals surface area contributed by atoms with Crippen LogP contribution in [0.25, 0.3) is 0 Å². The number of nitrogens with one attached hydrogen (secondary N) is 1. The second kappa shape index (κ2) is 37.8. The Kier molecular flexibility index (Phi) is 36.6. The molecule has 0 aromatic rings. The number of aliphatic hydroxyl groups excluding tert-OH is 4. The first kappa shape index (κ1) is 47.5. The van der Waals surface area contributed by atoms with Crippen molar-refractivity contribution < 1.29 is 25.2 Å². The molecule has 4 atom stereocenters. The van der Waals surface area contributed by atoms with Crippen LogP contribution in [0.2, 0.25) is 0 Å². The van der Waals surface area contributed by atoms with Gasteiger partial charge in [-0.05, 0) is 64.2 Å². The topological polar surface area (TPSA) is 110 Å². The normalized spacial score (nSPS) is 14.7. The van der Waals surface area contributed by atoms with E-state index in [0.29, 0.717) is 12.8 Å². The lowest BCUT2D eigenvalue weighted by molar-refractivity contribution is -0.132. The van der Waals surface area contributed by atoms with E-state index in [1.807, 2.05) is 0 Å². The minimum absolute atomic E-state index is 0.362. The van der Waals surface area contributed by atoms with Crippen LogP contribution in [0.5, 0.6) is 0 Å². The molecule has 6 nitrogen and oxygen atoms in total. The highest BCUT2D eigenvalue weighted by Gasteiger charge is 2.28. The van der Waals surface area contributed by atoms with Crippen LogP contribution in [0.1, 0.15) is 200 Å². The predicted molar refractivity (Wildman–Crippen MR) is 210 cm³/mol. The van der Waals surface area contributed by atoms with Gasteiger partial charge in [0.1, 0.15) is 12.2 Å². The molecular formula is C43H81NO5. The van der Waals surface area contributed by atoms with Crippen molar-refractivity contribution in [2.24, 2.45) is 0 Å². The Morgan fingerprint density at radius 1 is 0.531 bits per heavy atom. The summed E-state index contributed by atoms with van der Waals surface area (Å²) < 4.78 is 0. The molecule has 0 saturated carbocycles. The van der Waals surface area contributed by atoms with Gasteiger partial charge >= 0.3 is 0 Å². The fourth-order valence-corrected chi connectivity index (χ4v) is 6.26. The molecule has 0 aromatic heterocycles. The number of hydrogen-bond donors (Lipinski definition) is 5. The quantitative estimate of drug-likeness (QED) is 0.0329. The molecule has 5 N–H and O–H groups in total. The van der Waals surface area contributed by atoms with E-state index in [4.69, 9.17) is 0 Å². The molecule has 0 aliphatic heterocycles. The number of carbonyl (C=O) groups excluding carboxylic acids is 1. The average molecular weight is 692 g/mol. The van der Waals surface area contributed by atoms with Crippen molar-refractivity contribution in [2.75, 3.05) is 6.61 Å². The second-order valence-electron chi connectivity index (χ2n) is 14.3. The zero-order chi connectivity index (χ0) is 36.0. The molecule has 0 heterocycles. The number of aliphatic hydroxyl groups is 4. The molecule has 6 heteroatoms. The Labute approximate surface area is 303 Å². The van der Waals surface area contributed by atoms with Gasteiger partial charge in [0.05, 0.1) is 18.8 Å². The highest BCUT2D eigenvalue weighted by Crippen LogP contribution is 2.15. The molecule has 0 bridgehead atoms. The number of carbonyl (C=O) groups is 1. The van der Waals surface area contributed by atoms with Gasteiger partial charge in [-0.15, -0.1) is 0 Å². The van der Waals surface area contributed by atoms with Crippen molar-refractivity contribution in [3.63, 3.8) is 0 Å². The van der Waals surface area contributed by atoms with Gasteiger partial charge in [0.25, 0.3) is 0 Å². The number of rotatable bonds is 37. The number of amides is 1. The summed E-state index contributed by atoms with van der Waals surface area (Å²) in [5.74, 6) is -0.596. The lowest BCUT2D eigenvalue weighted by atomic mass is 10.00. The molecule has 0 aliphatic carbocycles. The van der Waals surface area contributed by atoms with Crippen LogP contribution in [-0.2, 0) is 4.79 Å². The molecule has 4 unspecified atom stereocenters. The van der Waals surface area contributed by atoms with Gasteiger partial charge in [-0.1, -0.05) is 172 Å². The van der Waals surface area contributed by atoms with E-state index in [1.54, 1.807) is 0 Å². The SMILES string of the molecule is CC/C=C\C/C=C\CCCCCCCCCCCCCCCC(O)C(=O)NC(CO)C(O)C(O)CCC/C=C/CCCCCCCCCC. The van der Waals surface area contributed by atoms with Gasteiger partial charge in [-0.25, -0.2) is 0 Å². The van der Waals surface area contributed by atoms with Crippen LogP contribution in [0, 0.1) is 0 Å². The van der Waals surface area contributed by atoms with Crippen molar-refractivity contribution in [2.45, 2.75) is 224 Å². The Morgan fingerprint density at radius 3 is 1.45 bits per heavy atom. The summed E-state index contributed by atoms with van der Waals surface area (Å²) in [6, 6.07) is -1.000. The maximum Gasteiger partial charge on any atom is 0.249 e. The number of unbranched alkanes of at least 4 members (excludes halogenated alkanes) is 22. The van der Waals surface area contributed by atoms with E-state index in [1.165, 1.54) is 122 Å². The van der Waals surface area contributed by atoms with Crippen LogP contribution < -0.4 is 5.32 Å². The lowest BCUT2D eigenvalue weighted by Gasteiger charge is -2.27. The van der Waals surface area contributed by atoms with Crippen LogP contribution in [0.4, 0.5) is 0 Å². The summed E-state index contributed by atoms with van der Waals surface area (Å²) in [6.45, 7) is 3.92. The molecule has 0 aromatic carbocycles. The minimum atomic E-state index is -1.28. The second-order valence-corrected chi connectivity index (χ2v) is 14.3. The highest BCUT2D eigenvalue weighted by molar-refractivity contribution is 5.80. The maximum absolute atomic E-state index is 12.5. The van der Waals surface area contributed by atoms with E-state index >= 15 is 0 Å². The summed E-state index contributed by atoms with van der Waals surface area (Å²) >= 11 is 0. The van der Waals surface area contributed by atoms with E-state index in [-0.39, 0.29) is 0 Å². The molecule has 0 aliphatic rings. The molecule has 0 fully saturated rings.